The van der Waals surface area contributed by atoms with Gasteiger partial charge in [-0.2, -0.15) is 0 Å². The highest BCUT2D eigenvalue weighted by Gasteiger charge is 2.24. The summed E-state index contributed by atoms with van der Waals surface area (Å²) in [4.78, 5) is 4.64. The summed E-state index contributed by atoms with van der Waals surface area (Å²) in [6.45, 7) is 6.28. The Labute approximate surface area is 95.3 Å². The van der Waals surface area contributed by atoms with E-state index in [4.69, 9.17) is 4.74 Å². The number of aryl methyl sites for hydroxylation is 2. The lowest BCUT2D eigenvalue weighted by molar-refractivity contribution is 0.257. The van der Waals surface area contributed by atoms with Crippen LogP contribution in [0.1, 0.15) is 23.7 Å². The molecule has 0 amide bonds. The molecule has 1 aliphatic rings. The maximum absolute atomic E-state index is 5.92. The molecule has 2 heteroatoms. The minimum atomic E-state index is 0.279. The van der Waals surface area contributed by atoms with Crippen LogP contribution in [0.3, 0.4) is 0 Å². The van der Waals surface area contributed by atoms with Crippen LogP contribution >= 0.6 is 0 Å². The van der Waals surface area contributed by atoms with Crippen LogP contribution in [0.5, 0.6) is 5.75 Å². The zero-order valence-electron chi connectivity index (χ0n) is 9.87. The molecular weight excluding hydrogens is 198 g/mol. The monoisotopic (exact) mass is 213 g/mol. The first-order valence-electron chi connectivity index (χ1n) is 5.71. The van der Waals surface area contributed by atoms with E-state index in [-0.39, 0.29) is 6.10 Å². The first-order valence-corrected chi connectivity index (χ1v) is 5.71. The molecule has 1 atom stereocenters. The number of ether oxygens (including phenoxy) is 1. The predicted molar refractivity (Wildman–Crippen MR) is 65.0 cm³/mol. The first-order chi connectivity index (χ1) is 7.65. The van der Waals surface area contributed by atoms with Gasteiger partial charge in [0.05, 0.1) is 5.52 Å². The molecule has 0 bridgehead atoms. The van der Waals surface area contributed by atoms with Crippen molar-refractivity contribution < 1.29 is 4.74 Å². The fourth-order valence-corrected chi connectivity index (χ4v) is 2.41. The van der Waals surface area contributed by atoms with Gasteiger partial charge in [-0.1, -0.05) is 11.6 Å². The molecule has 0 N–H and O–H groups in total. The zero-order valence-corrected chi connectivity index (χ0v) is 9.87. The van der Waals surface area contributed by atoms with E-state index in [0.29, 0.717) is 0 Å². The standard InChI is InChI=1S/C14H15NO/c1-8-4-5-13-12(6-8)14-11(10(3)15-13)7-9(2)16-14/h4-6,9H,7H2,1-3H3/t9-/m1/s1. The van der Waals surface area contributed by atoms with E-state index in [1.807, 2.05) is 0 Å². The van der Waals surface area contributed by atoms with E-state index >= 15 is 0 Å². The average molecular weight is 213 g/mol. The van der Waals surface area contributed by atoms with Gasteiger partial charge in [0.1, 0.15) is 11.9 Å². The van der Waals surface area contributed by atoms with Gasteiger partial charge in [0.15, 0.2) is 0 Å². The number of hydrogen-bond acceptors (Lipinski definition) is 2. The number of rotatable bonds is 0. The van der Waals surface area contributed by atoms with Gasteiger partial charge in [-0.25, -0.2) is 0 Å². The second kappa shape index (κ2) is 3.21. The molecule has 82 valence electrons. The van der Waals surface area contributed by atoms with Gasteiger partial charge in [-0.15, -0.1) is 0 Å². The summed E-state index contributed by atoms with van der Waals surface area (Å²) < 4.78 is 5.92. The number of pyridine rings is 1. The topological polar surface area (TPSA) is 22.1 Å². The maximum Gasteiger partial charge on any atom is 0.134 e. The molecule has 2 nitrogen and oxygen atoms in total. The van der Waals surface area contributed by atoms with Crippen molar-refractivity contribution in [3.63, 3.8) is 0 Å². The average Bonchev–Trinajstić information content (AvgIpc) is 2.62. The Hall–Kier alpha value is -1.57. The Balaban J connectivity index is 2.38. The third-order valence-corrected chi connectivity index (χ3v) is 3.21. The third-order valence-electron chi connectivity index (χ3n) is 3.21. The minimum absolute atomic E-state index is 0.279. The van der Waals surface area contributed by atoms with Crippen molar-refractivity contribution in [2.75, 3.05) is 0 Å². The number of benzene rings is 1. The van der Waals surface area contributed by atoms with Crippen molar-refractivity contribution in [1.82, 2.24) is 4.98 Å². The quantitative estimate of drug-likeness (QED) is 0.670. The highest BCUT2D eigenvalue weighted by Crippen LogP contribution is 2.37. The molecule has 0 spiro atoms. The molecule has 16 heavy (non-hydrogen) atoms. The van der Waals surface area contributed by atoms with Crippen molar-refractivity contribution >= 4 is 10.9 Å². The fraction of sp³-hybridized carbons (Fsp3) is 0.357. The molecule has 0 saturated carbocycles. The summed E-state index contributed by atoms with van der Waals surface area (Å²) >= 11 is 0. The van der Waals surface area contributed by atoms with E-state index < -0.39 is 0 Å². The van der Waals surface area contributed by atoms with E-state index in [2.05, 4.69) is 44.0 Å². The fourth-order valence-electron chi connectivity index (χ4n) is 2.41. The Morgan fingerprint density at radius 1 is 1.31 bits per heavy atom. The van der Waals surface area contributed by atoms with Gasteiger partial charge < -0.3 is 4.74 Å². The summed E-state index contributed by atoms with van der Waals surface area (Å²) in [5.41, 5.74) is 4.68. The lowest BCUT2D eigenvalue weighted by atomic mass is 10.0. The Morgan fingerprint density at radius 3 is 2.94 bits per heavy atom. The molecule has 2 heterocycles. The number of fused-ring (bicyclic) bond motifs is 3. The number of nitrogens with zero attached hydrogens (tertiary/aromatic N) is 1. The molecule has 1 aromatic carbocycles. The van der Waals surface area contributed by atoms with Crippen LogP contribution in [0, 0.1) is 13.8 Å². The van der Waals surface area contributed by atoms with Gasteiger partial charge in [-0.05, 0) is 32.9 Å². The Bertz CT molecular complexity index is 574. The summed E-state index contributed by atoms with van der Waals surface area (Å²) in [6.07, 6.45) is 1.26. The van der Waals surface area contributed by atoms with Crippen LogP contribution in [-0.2, 0) is 6.42 Å². The summed E-state index contributed by atoms with van der Waals surface area (Å²) in [5, 5.41) is 1.16. The SMILES string of the molecule is Cc1ccc2nc(C)c3c(c2c1)O[C@H](C)C3. The smallest absolute Gasteiger partial charge is 0.134 e. The van der Waals surface area contributed by atoms with Crippen molar-refractivity contribution in [2.24, 2.45) is 0 Å². The van der Waals surface area contributed by atoms with E-state index in [1.54, 1.807) is 0 Å². The summed E-state index contributed by atoms with van der Waals surface area (Å²) in [7, 11) is 0. The van der Waals surface area contributed by atoms with Crippen LogP contribution in [0.25, 0.3) is 10.9 Å². The Kier molecular flexibility index (Phi) is 1.93. The molecule has 1 aromatic heterocycles. The molecule has 0 radical (unpaired) electrons. The van der Waals surface area contributed by atoms with Gasteiger partial charge in [-0.3, -0.25) is 4.98 Å². The van der Waals surface area contributed by atoms with E-state index in [9.17, 15) is 0 Å². The molecule has 0 aliphatic carbocycles. The number of aromatic nitrogens is 1. The molecule has 0 saturated heterocycles. The van der Waals surface area contributed by atoms with E-state index in [1.165, 1.54) is 11.1 Å². The zero-order chi connectivity index (χ0) is 11.3. The lowest BCUT2D eigenvalue weighted by Gasteiger charge is -2.08. The van der Waals surface area contributed by atoms with Gasteiger partial charge in [0.2, 0.25) is 0 Å². The highest BCUT2D eigenvalue weighted by atomic mass is 16.5. The largest absolute Gasteiger partial charge is 0.489 e. The Morgan fingerprint density at radius 2 is 2.12 bits per heavy atom. The lowest BCUT2D eigenvalue weighted by Crippen LogP contribution is -2.05. The van der Waals surface area contributed by atoms with Crippen LogP contribution in [0.4, 0.5) is 0 Å². The molecule has 1 aliphatic heterocycles. The van der Waals surface area contributed by atoms with Gasteiger partial charge in [0.25, 0.3) is 0 Å². The van der Waals surface area contributed by atoms with E-state index in [0.717, 1.165) is 28.8 Å². The van der Waals surface area contributed by atoms with Crippen LogP contribution in [0.2, 0.25) is 0 Å². The highest BCUT2D eigenvalue weighted by molar-refractivity contribution is 5.88. The van der Waals surface area contributed by atoms with Crippen LogP contribution < -0.4 is 4.74 Å². The predicted octanol–water partition coefficient (Wildman–Crippen LogP) is 3.18. The molecule has 0 unspecified atom stereocenters. The van der Waals surface area contributed by atoms with Crippen molar-refractivity contribution in [3.8, 4) is 5.75 Å². The summed E-state index contributed by atoms with van der Waals surface area (Å²) in [5.74, 6) is 1.05. The van der Waals surface area contributed by atoms with Gasteiger partial charge >= 0.3 is 0 Å². The van der Waals surface area contributed by atoms with Crippen molar-refractivity contribution in [2.45, 2.75) is 33.3 Å². The number of hydrogen-bond donors (Lipinski definition) is 0. The molecule has 2 aromatic rings. The van der Waals surface area contributed by atoms with Crippen LogP contribution in [-0.4, -0.2) is 11.1 Å². The maximum atomic E-state index is 5.92. The van der Waals surface area contributed by atoms with Crippen molar-refractivity contribution in [3.05, 3.63) is 35.0 Å². The second-order valence-corrected chi connectivity index (χ2v) is 4.66. The molecule has 3 rings (SSSR count). The molecular formula is C14H15NO. The first kappa shape index (κ1) is 9.64. The third kappa shape index (κ3) is 1.29. The summed E-state index contributed by atoms with van der Waals surface area (Å²) in [6, 6.07) is 6.34. The van der Waals surface area contributed by atoms with Gasteiger partial charge in [0, 0.05) is 23.1 Å². The van der Waals surface area contributed by atoms with Crippen LogP contribution in [0.15, 0.2) is 18.2 Å². The van der Waals surface area contributed by atoms with Crippen molar-refractivity contribution in [1.29, 1.82) is 0 Å². The second-order valence-electron chi connectivity index (χ2n) is 4.66. The minimum Gasteiger partial charge on any atom is -0.489 e. The molecule has 0 fully saturated rings. The normalized spacial score (nSPS) is 18.6.